The SMILES string of the molecule is O=C(CC1NCCNC1=O)Nc1cccc(Cl)c1Cl. The molecule has 1 heterocycles. The van der Waals surface area contributed by atoms with E-state index < -0.39 is 6.04 Å². The lowest BCUT2D eigenvalue weighted by atomic mass is 10.1. The van der Waals surface area contributed by atoms with Crippen LogP contribution >= 0.6 is 23.2 Å². The number of halogens is 2. The van der Waals surface area contributed by atoms with Gasteiger partial charge in [0.05, 0.1) is 28.2 Å². The summed E-state index contributed by atoms with van der Waals surface area (Å²) in [6, 6.07) is 4.47. The van der Waals surface area contributed by atoms with Gasteiger partial charge in [0.15, 0.2) is 0 Å². The van der Waals surface area contributed by atoms with Crippen molar-refractivity contribution in [3.63, 3.8) is 0 Å². The second kappa shape index (κ2) is 6.23. The lowest BCUT2D eigenvalue weighted by Crippen LogP contribution is -2.53. The zero-order valence-corrected chi connectivity index (χ0v) is 11.5. The lowest BCUT2D eigenvalue weighted by Gasteiger charge is -2.23. The summed E-state index contributed by atoms with van der Waals surface area (Å²) in [5.41, 5.74) is 0.440. The molecule has 0 radical (unpaired) electrons. The number of nitrogens with one attached hydrogen (secondary N) is 3. The molecule has 3 N–H and O–H groups in total. The van der Waals surface area contributed by atoms with Crippen molar-refractivity contribution in [1.82, 2.24) is 10.6 Å². The molecule has 1 aromatic carbocycles. The molecule has 1 aromatic rings. The third-order valence-corrected chi connectivity index (χ3v) is 3.57. The second-order valence-electron chi connectivity index (χ2n) is 4.15. The smallest absolute Gasteiger partial charge is 0.237 e. The van der Waals surface area contributed by atoms with Gasteiger partial charge in [-0.25, -0.2) is 0 Å². The number of rotatable bonds is 3. The van der Waals surface area contributed by atoms with Crippen molar-refractivity contribution in [1.29, 1.82) is 0 Å². The van der Waals surface area contributed by atoms with Gasteiger partial charge in [0.2, 0.25) is 11.8 Å². The van der Waals surface area contributed by atoms with Gasteiger partial charge in [-0.3, -0.25) is 9.59 Å². The highest BCUT2D eigenvalue weighted by molar-refractivity contribution is 6.43. The first kappa shape index (κ1) is 14.1. The Kier molecular flexibility index (Phi) is 4.63. The molecule has 1 aliphatic heterocycles. The van der Waals surface area contributed by atoms with Crippen molar-refractivity contribution in [3.05, 3.63) is 28.2 Å². The first-order valence-corrected chi connectivity index (χ1v) is 6.58. The minimum absolute atomic E-state index is 0.0503. The fourth-order valence-electron chi connectivity index (χ4n) is 1.80. The molecular weight excluding hydrogens is 289 g/mol. The van der Waals surface area contributed by atoms with Crippen molar-refractivity contribution < 1.29 is 9.59 Å². The Balaban J connectivity index is 1.97. The molecule has 0 aliphatic carbocycles. The van der Waals surface area contributed by atoms with Crippen LogP contribution in [0.1, 0.15) is 6.42 Å². The highest BCUT2D eigenvalue weighted by atomic mass is 35.5. The molecular formula is C12H13Cl2N3O2. The van der Waals surface area contributed by atoms with Gasteiger partial charge in [0, 0.05) is 13.1 Å². The highest BCUT2D eigenvalue weighted by Gasteiger charge is 2.24. The maximum absolute atomic E-state index is 11.9. The number of anilines is 1. The van der Waals surface area contributed by atoms with Crippen LogP contribution in [0.3, 0.4) is 0 Å². The van der Waals surface area contributed by atoms with Gasteiger partial charge in [0.25, 0.3) is 0 Å². The molecule has 0 saturated carbocycles. The third-order valence-electron chi connectivity index (χ3n) is 2.75. The van der Waals surface area contributed by atoms with Crippen LogP contribution in [0.15, 0.2) is 18.2 Å². The molecule has 2 amide bonds. The monoisotopic (exact) mass is 301 g/mol. The fraction of sp³-hybridized carbons (Fsp3) is 0.333. The highest BCUT2D eigenvalue weighted by Crippen LogP contribution is 2.29. The van der Waals surface area contributed by atoms with Gasteiger partial charge in [-0.1, -0.05) is 29.3 Å². The summed E-state index contributed by atoms with van der Waals surface area (Å²) in [5.74, 6) is -0.461. The average molecular weight is 302 g/mol. The van der Waals surface area contributed by atoms with Crippen molar-refractivity contribution in [2.75, 3.05) is 18.4 Å². The van der Waals surface area contributed by atoms with E-state index in [0.717, 1.165) is 0 Å². The van der Waals surface area contributed by atoms with Crippen molar-refractivity contribution >= 4 is 40.7 Å². The Morgan fingerprint density at radius 1 is 1.37 bits per heavy atom. The Labute approximate surface area is 120 Å². The van der Waals surface area contributed by atoms with Crippen LogP contribution in [0.4, 0.5) is 5.69 Å². The van der Waals surface area contributed by atoms with E-state index in [2.05, 4.69) is 16.0 Å². The van der Waals surface area contributed by atoms with Gasteiger partial charge in [-0.15, -0.1) is 0 Å². The summed E-state index contributed by atoms with van der Waals surface area (Å²) in [7, 11) is 0. The molecule has 7 heteroatoms. The first-order valence-electron chi connectivity index (χ1n) is 5.83. The van der Waals surface area contributed by atoms with Crippen LogP contribution in [-0.2, 0) is 9.59 Å². The van der Waals surface area contributed by atoms with E-state index in [0.29, 0.717) is 28.8 Å². The molecule has 1 unspecified atom stereocenters. The molecule has 0 bridgehead atoms. The zero-order valence-electron chi connectivity index (χ0n) is 10.0. The minimum atomic E-state index is -0.508. The van der Waals surface area contributed by atoms with Gasteiger partial charge >= 0.3 is 0 Å². The summed E-state index contributed by atoms with van der Waals surface area (Å²) >= 11 is 11.8. The van der Waals surface area contributed by atoms with Gasteiger partial charge in [-0.05, 0) is 12.1 Å². The van der Waals surface area contributed by atoms with Crippen molar-refractivity contribution in [2.45, 2.75) is 12.5 Å². The molecule has 1 aliphatic rings. The van der Waals surface area contributed by atoms with Crippen LogP contribution in [-0.4, -0.2) is 30.9 Å². The summed E-state index contributed by atoms with van der Waals surface area (Å²) in [5, 5.41) is 8.98. The van der Waals surface area contributed by atoms with Crippen LogP contribution in [0.25, 0.3) is 0 Å². The standard InChI is InChI=1S/C12H13Cl2N3O2/c13-7-2-1-3-8(11(7)14)17-10(18)6-9-12(19)16-5-4-15-9/h1-3,9,15H,4-6H2,(H,16,19)(H,17,18). The molecule has 102 valence electrons. The zero-order chi connectivity index (χ0) is 13.8. The maximum Gasteiger partial charge on any atom is 0.237 e. The van der Waals surface area contributed by atoms with E-state index in [1.54, 1.807) is 18.2 Å². The molecule has 1 fully saturated rings. The number of carbonyl (C=O) groups excluding carboxylic acids is 2. The Hall–Kier alpha value is -1.30. The van der Waals surface area contributed by atoms with E-state index in [1.165, 1.54) is 0 Å². The van der Waals surface area contributed by atoms with Crippen LogP contribution in [0.5, 0.6) is 0 Å². The predicted octanol–water partition coefficient (Wildman–Crippen LogP) is 1.41. The molecule has 2 rings (SSSR count). The summed E-state index contributed by atoms with van der Waals surface area (Å²) < 4.78 is 0. The summed E-state index contributed by atoms with van der Waals surface area (Å²) in [4.78, 5) is 23.4. The number of piperazine rings is 1. The quantitative estimate of drug-likeness (QED) is 0.790. The lowest BCUT2D eigenvalue weighted by molar-refractivity contribution is -0.127. The number of benzene rings is 1. The van der Waals surface area contributed by atoms with Crippen molar-refractivity contribution in [2.24, 2.45) is 0 Å². The second-order valence-corrected chi connectivity index (χ2v) is 4.94. The molecule has 1 saturated heterocycles. The number of hydrogen-bond acceptors (Lipinski definition) is 3. The summed E-state index contributed by atoms with van der Waals surface area (Å²) in [6.45, 7) is 1.23. The van der Waals surface area contributed by atoms with E-state index in [1.807, 2.05) is 0 Å². The van der Waals surface area contributed by atoms with E-state index in [9.17, 15) is 9.59 Å². The van der Waals surface area contributed by atoms with Crippen LogP contribution in [0, 0.1) is 0 Å². The van der Waals surface area contributed by atoms with Crippen molar-refractivity contribution in [3.8, 4) is 0 Å². The Morgan fingerprint density at radius 3 is 2.89 bits per heavy atom. The van der Waals surface area contributed by atoms with E-state index in [4.69, 9.17) is 23.2 Å². The maximum atomic E-state index is 11.9. The Morgan fingerprint density at radius 2 is 2.16 bits per heavy atom. The number of hydrogen-bond donors (Lipinski definition) is 3. The third kappa shape index (κ3) is 3.59. The molecule has 19 heavy (non-hydrogen) atoms. The average Bonchev–Trinajstić information content (AvgIpc) is 2.38. The van der Waals surface area contributed by atoms with Crippen LogP contribution < -0.4 is 16.0 Å². The normalized spacial score (nSPS) is 18.8. The molecule has 0 aromatic heterocycles. The Bertz CT molecular complexity index is 508. The molecule has 5 nitrogen and oxygen atoms in total. The van der Waals surface area contributed by atoms with Crippen LogP contribution in [0.2, 0.25) is 10.0 Å². The number of carbonyl (C=O) groups is 2. The van der Waals surface area contributed by atoms with E-state index >= 15 is 0 Å². The molecule has 1 atom stereocenters. The first-order chi connectivity index (χ1) is 9.08. The number of amides is 2. The molecule has 0 spiro atoms. The predicted molar refractivity (Wildman–Crippen MR) is 74.5 cm³/mol. The topological polar surface area (TPSA) is 70.2 Å². The minimum Gasteiger partial charge on any atom is -0.353 e. The largest absolute Gasteiger partial charge is 0.353 e. The van der Waals surface area contributed by atoms with Gasteiger partial charge in [-0.2, -0.15) is 0 Å². The van der Waals surface area contributed by atoms with Gasteiger partial charge < -0.3 is 16.0 Å². The summed E-state index contributed by atoms with van der Waals surface area (Å²) in [6.07, 6.45) is 0.0503. The van der Waals surface area contributed by atoms with Gasteiger partial charge in [0.1, 0.15) is 0 Å². The fourth-order valence-corrected chi connectivity index (χ4v) is 2.15. The van der Waals surface area contributed by atoms with E-state index in [-0.39, 0.29) is 18.2 Å².